The first-order valence-electron chi connectivity index (χ1n) is 12.0. The average molecular weight is 542 g/mol. The average Bonchev–Trinajstić information content (AvgIpc) is 3.54. The van der Waals surface area contributed by atoms with Gasteiger partial charge in [0.15, 0.2) is 16.8 Å². The molecule has 192 valence electrons. The maximum Gasteiger partial charge on any atom is 0.297 e. The lowest BCUT2D eigenvalue weighted by Crippen LogP contribution is -2.53. The number of anilines is 2. The van der Waals surface area contributed by atoms with Gasteiger partial charge in [0, 0.05) is 16.7 Å². The lowest BCUT2D eigenvalue weighted by Gasteiger charge is -2.32. The molecule has 1 unspecified atom stereocenters. The van der Waals surface area contributed by atoms with Gasteiger partial charge in [0.25, 0.3) is 11.8 Å². The molecule has 10 heteroatoms. The second-order valence-corrected chi connectivity index (χ2v) is 9.83. The smallest absolute Gasteiger partial charge is 0.297 e. The minimum absolute atomic E-state index is 0.0217. The van der Waals surface area contributed by atoms with Gasteiger partial charge in [-0.25, -0.2) is 4.39 Å². The van der Waals surface area contributed by atoms with Crippen LogP contribution in [0.1, 0.15) is 33.0 Å². The first-order valence-corrected chi connectivity index (χ1v) is 12.4. The van der Waals surface area contributed by atoms with Crippen molar-refractivity contribution in [3.05, 3.63) is 122 Å². The standard InChI is InChI=1S/C29H17ClFN3O5/c1-15-12-23(32-39-15)34-27(36)26-24(25(35)18-13-17(31)10-11-22(18)38-26)29(34)19-7-3-5-9-21(19)33(28(29)37)14-16-6-2-4-8-20(16)30/h2-13H,14H2,1H3. The van der Waals surface area contributed by atoms with Crippen LogP contribution in [0.2, 0.25) is 5.02 Å². The number of halogens is 2. The molecule has 0 aliphatic carbocycles. The number of hydrogen-bond acceptors (Lipinski definition) is 6. The fourth-order valence-electron chi connectivity index (χ4n) is 5.59. The van der Waals surface area contributed by atoms with Crippen molar-refractivity contribution < 1.29 is 22.9 Å². The zero-order chi connectivity index (χ0) is 27.1. The van der Waals surface area contributed by atoms with E-state index in [-0.39, 0.29) is 34.7 Å². The molecule has 2 aliphatic rings. The molecule has 7 rings (SSSR count). The van der Waals surface area contributed by atoms with Crippen molar-refractivity contribution in [3.63, 3.8) is 0 Å². The van der Waals surface area contributed by atoms with E-state index in [1.165, 1.54) is 17.0 Å². The van der Waals surface area contributed by atoms with Crippen molar-refractivity contribution in [2.24, 2.45) is 0 Å². The van der Waals surface area contributed by atoms with E-state index in [1.807, 2.05) is 0 Å². The summed E-state index contributed by atoms with van der Waals surface area (Å²) in [6, 6.07) is 18.9. The van der Waals surface area contributed by atoms with Crippen molar-refractivity contribution in [2.45, 2.75) is 19.0 Å². The molecule has 0 radical (unpaired) electrons. The molecule has 0 bridgehead atoms. The number of rotatable bonds is 3. The Kier molecular flexibility index (Phi) is 4.86. The molecule has 5 aromatic rings. The third-order valence-corrected chi connectivity index (χ3v) is 7.59. The fraction of sp³-hybridized carbons (Fsp3) is 0.103. The van der Waals surface area contributed by atoms with Gasteiger partial charge < -0.3 is 13.8 Å². The molecule has 39 heavy (non-hydrogen) atoms. The van der Waals surface area contributed by atoms with E-state index in [2.05, 4.69) is 5.16 Å². The van der Waals surface area contributed by atoms with E-state index in [9.17, 15) is 18.8 Å². The normalized spacial score (nSPS) is 17.9. The quantitative estimate of drug-likeness (QED) is 0.306. The number of aryl methyl sites for hydroxylation is 1. The first kappa shape index (κ1) is 23.4. The molecule has 4 heterocycles. The molecule has 0 saturated heterocycles. The predicted octanol–water partition coefficient (Wildman–Crippen LogP) is 5.33. The second kappa shape index (κ2) is 8.12. The molecule has 2 aliphatic heterocycles. The van der Waals surface area contributed by atoms with Gasteiger partial charge in [-0.15, -0.1) is 0 Å². The third-order valence-electron chi connectivity index (χ3n) is 7.22. The molecular weight excluding hydrogens is 525 g/mol. The van der Waals surface area contributed by atoms with Crippen molar-refractivity contribution in [1.82, 2.24) is 5.16 Å². The summed E-state index contributed by atoms with van der Waals surface area (Å²) in [6.45, 7) is 1.71. The number of carbonyl (C=O) groups excluding carboxylic acids is 2. The minimum atomic E-state index is -1.98. The van der Waals surface area contributed by atoms with Gasteiger partial charge in [0.05, 0.1) is 23.2 Å². The lowest BCUT2D eigenvalue weighted by molar-refractivity contribution is -0.121. The highest BCUT2D eigenvalue weighted by Crippen LogP contribution is 2.54. The summed E-state index contributed by atoms with van der Waals surface area (Å²) < 4.78 is 25.4. The Labute approximate surface area is 224 Å². The summed E-state index contributed by atoms with van der Waals surface area (Å²) in [4.78, 5) is 45.5. The van der Waals surface area contributed by atoms with Crippen LogP contribution < -0.4 is 15.2 Å². The summed E-state index contributed by atoms with van der Waals surface area (Å²) >= 11 is 6.44. The van der Waals surface area contributed by atoms with Gasteiger partial charge in [-0.3, -0.25) is 19.3 Å². The van der Waals surface area contributed by atoms with Gasteiger partial charge >= 0.3 is 0 Å². The number of fused-ring (bicyclic) bond motifs is 5. The van der Waals surface area contributed by atoms with Gasteiger partial charge in [-0.05, 0) is 42.8 Å². The van der Waals surface area contributed by atoms with Crippen LogP contribution >= 0.6 is 11.6 Å². The largest absolute Gasteiger partial charge is 0.450 e. The molecule has 0 saturated carbocycles. The monoisotopic (exact) mass is 541 g/mol. The van der Waals surface area contributed by atoms with Crippen molar-refractivity contribution >= 4 is 45.9 Å². The number of nitrogens with zero attached hydrogens (tertiary/aromatic N) is 3. The summed E-state index contributed by atoms with van der Waals surface area (Å²) in [5.41, 5.74) is -1.33. The highest BCUT2D eigenvalue weighted by atomic mass is 35.5. The molecule has 1 spiro atoms. The zero-order valence-electron chi connectivity index (χ0n) is 20.3. The van der Waals surface area contributed by atoms with Crippen LogP contribution in [0.5, 0.6) is 0 Å². The SMILES string of the molecule is Cc1cc(N2C(=O)c3oc4ccc(F)cc4c(=O)c3C23C(=O)N(Cc2ccccc2Cl)c2ccccc23)no1. The summed E-state index contributed by atoms with van der Waals surface area (Å²) in [5, 5.41) is 4.39. The van der Waals surface area contributed by atoms with Crippen molar-refractivity contribution in [1.29, 1.82) is 0 Å². The van der Waals surface area contributed by atoms with Crippen molar-refractivity contribution in [2.75, 3.05) is 9.80 Å². The van der Waals surface area contributed by atoms with Gasteiger partial charge in [-0.2, -0.15) is 0 Å². The topological polar surface area (TPSA) is 96.9 Å². The number of amides is 2. The molecule has 3 aromatic carbocycles. The number of para-hydroxylation sites is 1. The van der Waals surface area contributed by atoms with Crippen LogP contribution in [-0.4, -0.2) is 17.0 Å². The highest BCUT2D eigenvalue weighted by Gasteiger charge is 2.66. The third kappa shape index (κ3) is 3.04. The molecule has 0 fully saturated rings. The fourth-order valence-corrected chi connectivity index (χ4v) is 5.79. The highest BCUT2D eigenvalue weighted by molar-refractivity contribution is 6.31. The number of hydrogen-bond donors (Lipinski definition) is 0. The van der Waals surface area contributed by atoms with E-state index in [0.717, 1.165) is 17.0 Å². The van der Waals surface area contributed by atoms with Crippen LogP contribution in [0, 0.1) is 12.7 Å². The molecular formula is C29H17ClFN3O5. The molecule has 0 N–H and O–H groups in total. The Bertz CT molecular complexity index is 1930. The van der Waals surface area contributed by atoms with Crippen LogP contribution in [0.3, 0.4) is 0 Å². The van der Waals surface area contributed by atoms with Crippen LogP contribution in [0.4, 0.5) is 15.9 Å². The maximum atomic E-state index is 14.7. The summed E-state index contributed by atoms with van der Waals surface area (Å²) in [5.74, 6) is -1.88. The summed E-state index contributed by atoms with van der Waals surface area (Å²) in [6.07, 6.45) is 0. The number of carbonyl (C=O) groups is 2. The van der Waals surface area contributed by atoms with Gasteiger partial charge in [-0.1, -0.05) is 53.2 Å². The molecule has 8 nitrogen and oxygen atoms in total. The molecule has 2 amide bonds. The first-order chi connectivity index (χ1) is 18.8. The Morgan fingerprint density at radius 1 is 1.00 bits per heavy atom. The van der Waals surface area contributed by atoms with Gasteiger partial charge in [0.1, 0.15) is 17.2 Å². The second-order valence-electron chi connectivity index (χ2n) is 9.42. The molecule has 2 aromatic heterocycles. The molecule has 1 atom stereocenters. The Hall–Kier alpha value is -4.76. The van der Waals surface area contributed by atoms with E-state index < -0.39 is 28.6 Å². The van der Waals surface area contributed by atoms with Crippen molar-refractivity contribution in [3.8, 4) is 0 Å². The number of benzene rings is 3. The maximum absolute atomic E-state index is 14.7. The summed E-state index contributed by atoms with van der Waals surface area (Å²) in [7, 11) is 0. The van der Waals surface area contributed by atoms with Crippen LogP contribution in [0.15, 0.2) is 86.5 Å². The van der Waals surface area contributed by atoms with E-state index in [4.69, 9.17) is 20.5 Å². The Morgan fingerprint density at radius 2 is 1.77 bits per heavy atom. The van der Waals surface area contributed by atoms with E-state index in [0.29, 0.717) is 27.6 Å². The minimum Gasteiger partial charge on any atom is -0.450 e. The zero-order valence-corrected chi connectivity index (χ0v) is 21.0. The van der Waals surface area contributed by atoms with E-state index in [1.54, 1.807) is 55.5 Å². The van der Waals surface area contributed by atoms with Gasteiger partial charge in [0.2, 0.25) is 5.76 Å². The Balaban J connectivity index is 1.57. The van der Waals surface area contributed by atoms with E-state index >= 15 is 0 Å². The number of aromatic nitrogens is 1. The lowest BCUT2D eigenvalue weighted by atomic mass is 9.84. The Morgan fingerprint density at radius 3 is 2.54 bits per heavy atom. The van der Waals surface area contributed by atoms with Crippen LogP contribution in [0.25, 0.3) is 11.0 Å². The van der Waals surface area contributed by atoms with Crippen LogP contribution in [-0.2, 0) is 16.9 Å². The predicted molar refractivity (Wildman–Crippen MR) is 140 cm³/mol.